The number of pyridine rings is 1. The molecule has 1 saturated carbocycles. The lowest BCUT2D eigenvalue weighted by molar-refractivity contribution is -0.0246. The van der Waals surface area contributed by atoms with E-state index in [4.69, 9.17) is 9.84 Å². The van der Waals surface area contributed by atoms with Crippen molar-refractivity contribution < 1.29 is 14.6 Å². The van der Waals surface area contributed by atoms with Crippen LogP contribution in [0.5, 0.6) is 0 Å². The maximum atomic E-state index is 11.0. The number of hydrogen-bond donors (Lipinski definition) is 1. The fraction of sp³-hybridized carbons (Fsp3) is 0.500. The Morgan fingerprint density at radius 1 is 1.45 bits per heavy atom. The normalized spacial score (nSPS) is 21.9. The minimum atomic E-state index is -0.938. The number of aromatic carboxylic acids is 1. The van der Waals surface area contributed by atoms with Gasteiger partial charge in [-0.25, -0.2) is 4.79 Å². The Bertz CT molecular complexity index is 632. The number of carbonyl (C=O) groups is 1. The van der Waals surface area contributed by atoms with Gasteiger partial charge in [-0.15, -0.1) is 10.2 Å². The van der Waals surface area contributed by atoms with E-state index in [0.717, 1.165) is 31.7 Å². The average molecular weight is 275 g/mol. The standard InChI is InChI=1S/C14H17N3O3/c1-2-20-11-5-9(6-11)7-13-16-15-12-4-3-10(14(18)19)8-17(12)13/h3-4,8-9,11H,2,5-7H2,1H3,(H,18,19). The van der Waals surface area contributed by atoms with Crippen LogP contribution < -0.4 is 0 Å². The van der Waals surface area contributed by atoms with Crippen LogP contribution in [0.15, 0.2) is 18.3 Å². The lowest BCUT2D eigenvalue weighted by Crippen LogP contribution is -2.33. The van der Waals surface area contributed by atoms with Crippen molar-refractivity contribution in [2.24, 2.45) is 5.92 Å². The van der Waals surface area contributed by atoms with Crippen LogP contribution in [0, 0.1) is 5.92 Å². The van der Waals surface area contributed by atoms with Gasteiger partial charge in [0, 0.05) is 19.2 Å². The van der Waals surface area contributed by atoms with Crippen molar-refractivity contribution in [1.29, 1.82) is 0 Å². The molecule has 1 N–H and O–H groups in total. The van der Waals surface area contributed by atoms with Gasteiger partial charge in [0.25, 0.3) is 0 Å². The smallest absolute Gasteiger partial charge is 0.337 e. The predicted molar refractivity (Wildman–Crippen MR) is 71.8 cm³/mol. The van der Waals surface area contributed by atoms with Gasteiger partial charge in [0.05, 0.1) is 11.7 Å². The van der Waals surface area contributed by atoms with Gasteiger partial charge in [-0.3, -0.25) is 4.40 Å². The zero-order valence-corrected chi connectivity index (χ0v) is 11.3. The van der Waals surface area contributed by atoms with Crippen LogP contribution in [-0.4, -0.2) is 38.4 Å². The van der Waals surface area contributed by atoms with E-state index >= 15 is 0 Å². The lowest BCUT2D eigenvalue weighted by Gasteiger charge is -2.34. The van der Waals surface area contributed by atoms with E-state index in [9.17, 15) is 4.79 Å². The summed E-state index contributed by atoms with van der Waals surface area (Å²) in [4.78, 5) is 11.0. The third-order valence-electron chi connectivity index (χ3n) is 3.79. The number of rotatable bonds is 5. The molecule has 6 heteroatoms. The van der Waals surface area contributed by atoms with Crippen molar-refractivity contribution in [3.05, 3.63) is 29.7 Å². The van der Waals surface area contributed by atoms with Crippen molar-refractivity contribution in [2.75, 3.05) is 6.61 Å². The van der Waals surface area contributed by atoms with Crippen LogP contribution in [0.1, 0.15) is 35.9 Å². The molecule has 0 aliphatic heterocycles. The Kier molecular flexibility index (Phi) is 3.40. The van der Waals surface area contributed by atoms with Crippen molar-refractivity contribution in [3.63, 3.8) is 0 Å². The van der Waals surface area contributed by atoms with Crippen LogP contribution in [0.2, 0.25) is 0 Å². The van der Waals surface area contributed by atoms with Crippen LogP contribution in [0.4, 0.5) is 0 Å². The first-order valence-electron chi connectivity index (χ1n) is 6.86. The topological polar surface area (TPSA) is 76.7 Å². The first kappa shape index (κ1) is 13.1. The molecule has 0 saturated heterocycles. The highest BCUT2D eigenvalue weighted by atomic mass is 16.5. The summed E-state index contributed by atoms with van der Waals surface area (Å²) in [5, 5.41) is 17.3. The number of ether oxygens (including phenoxy) is 1. The first-order valence-corrected chi connectivity index (χ1v) is 6.86. The summed E-state index contributed by atoms with van der Waals surface area (Å²) in [7, 11) is 0. The lowest BCUT2D eigenvalue weighted by atomic mass is 9.80. The Labute approximate surface area is 116 Å². The highest BCUT2D eigenvalue weighted by molar-refractivity contribution is 5.87. The molecule has 0 atom stereocenters. The van der Waals surface area contributed by atoms with Crippen molar-refractivity contribution in [3.8, 4) is 0 Å². The molecule has 106 valence electrons. The number of nitrogens with zero attached hydrogens (tertiary/aromatic N) is 3. The average Bonchev–Trinajstić information content (AvgIpc) is 2.78. The molecule has 0 radical (unpaired) electrons. The fourth-order valence-electron chi connectivity index (χ4n) is 2.68. The molecule has 0 unspecified atom stereocenters. The molecular formula is C14H17N3O3. The van der Waals surface area contributed by atoms with E-state index in [-0.39, 0.29) is 5.56 Å². The van der Waals surface area contributed by atoms with Crippen LogP contribution in [0.3, 0.4) is 0 Å². The Balaban J connectivity index is 1.75. The van der Waals surface area contributed by atoms with E-state index in [1.165, 1.54) is 0 Å². The summed E-state index contributed by atoms with van der Waals surface area (Å²) in [5.41, 5.74) is 0.935. The largest absolute Gasteiger partial charge is 0.478 e. The van der Waals surface area contributed by atoms with Crippen LogP contribution >= 0.6 is 0 Å². The van der Waals surface area contributed by atoms with Crippen molar-refractivity contribution >= 4 is 11.6 Å². The molecule has 1 aliphatic carbocycles. The SMILES string of the molecule is CCOC1CC(Cc2nnc3ccc(C(=O)O)cn23)C1. The quantitative estimate of drug-likeness (QED) is 0.900. The number of fused-ring (bicyclic) bond motifs is 1. The number of carboxylic acids is 1. The van der Waals surface area contributed by atoms with Gasteiger partial charge >= 0.3 is 5.97 Å². The summed E-state index contributed by atoms with van der Waals surface area (Å²) in [6.45, 7) is 2.76. The minimum Gasteiger partial charge on any atom is -0.478 e. The van der Waals surface area contributed by atoms with E-state index in [0.29, 0.717) is 17.7 Å². The van der Waals surface area contributed by atoms with Gasteiger partial charge < -0.3 is 9.84 Å². The molecule has 2 heterocycles. The maximum Gasteiger partial charge on any atom is 0.337 e. The number of aromatic nitrogens is 3. The zero-order valence-electron chi connectivity index (χ0n) is 11.3. The molecule has 0 bridgehead atoms. The Morgan fingerprint density at radius 2 is 2.25 bits per heavy atom. The van der Waals surface area contributed by atoms with E-state index < -0.39 is 5.97 Å². The zero-order chi connectivity index (χ0) is 14.1. The first-order chi connectivity index (χ1) is 9.67. The van der Waals surface area contributed by atoms with E-state index in [1.807, 2.05) is 6.92 Å². The molecule has 1 aliphatic rings. The van der Waals surface area contributed by atoms with Crippen molar-refractivity contribution in [2.45, 2.75) is 32.3 Å². The molecule has 1 fully saturated rings. The monoisotopic (exact) mass is 275 g/mol. The second-order valence-electron chi connectivity index (χ2n) is 5.19. The fourth-order valence-corrected chi connectivity index (χ4v) is 2.68. The molecule has 0 aromatic carbocycles. The molecule has 3 rings (SSSR count). The molecular weight excluding hydrogens is 258 g/mol. The van der Waals surface area contributed by atoms with Gasteiger partial charge in [0.1, 0.15) is 5.82 Å². The summed E-state index contributed by atoms with van der Waals surface area (Å²) in [5.74, 6) is 0.432. The second kappa shape index (κ2) is 5.20. The Hall–Kier alpha value is -1.95. The van der Waals surface area contributed by atoms with E-state index in [2.05, 4.69) is 10.2 Å². The molecule has 0 amide bonds. The molecule has 2 aromatic rings. The number of carboxylic acid groups (broad SMARTS) is 1. The molecule has 6 nitrogen and oxygen atoms in total. The van der Waals surface area contributed by atoms with Gasteiger partial charge in [0.15, 0.2) is 5.65 Å². The summed E-state index contributed by atoms with van der Waals surface area (Å²) >= 11 is 0. The molecule has 2 aromatic heterocycles. The highest BCUT2D eigenvalue weighted by Gasteiger charge is 2.30. The van der Waals surface area contributed by atoms with Crippen molar-refractivity contribution in [1.82, 2.24) is 14.6 Å². The molecule has 0 spiro atoms. The predicted octanol–water partition coefficient (Wildman–Crippen LogP) is 1.79. The summed E-state index contributed by atoms with van der Waals surface area (Å²) in [6, 6.07) is 3.23. The van der Waals surface area contributed by atoms with Gasteiger partial charge in [-0.05, 0) is 37.8 Å². The van der Waals surface area contributed by atoms with Crippen LogP contribution in [0.25, 0.3) is 5.65 Å². The minimum absolute atomic E-state index is 0.249. The summed E-state index contributed by atoms with van der Waals surface area (Å²) < 4.78 is 7.32. The second-order valence-corrected chi connectivity index (χ2v) is 5.19. The maximum absolute atomic E-state index is 11.0. The van der Waals surface area contributed by atoms with Gasteiger partial charge in [-0.2, -0.15) is 0 Å². The van der Waals surface area contributed by atoms with Gasteiger partial charge in [0.2, 0.25) is 0 Å². The third-order valence-corrected chi connectivity index (χ3v) is 3.79. The highest BCUT2D eigenvalue weighted by Crippen LogP contribution is 2.32. The van der Waals surface area contributed by atoms with E-state index in [1.54, 1.807) is 22.7 Å². The summed E-state index contributed by atoms with van der Waals surface area (Å²) in [6.07, 6.45) is 4.86. The van der Waals surface area contributed by atoms with Crippen LogP contribution in [-0.2, 0) is 11.2 Å². The Morgan fingerprint density at radius 3 is 2.95 bits per heavy atom. The molecule has 20 heavy (non-hydrogen) atoms. The third kappa shape index (κ3) is 2.38. The van der Waals surface area contributed by atoms with Gasteiger partial charge in [-0.1, -0.05) is 0 Å². The number of hydrogen-bond acceptors (Lipinski definition) is 4.